The molecule has 0 spiro atoms. The number of amides is 1. The molecule has 0 aliphatic heterocycles. The zero-order valence-corrected chi connectivity index (χ0v) is 11.6. The van der Waals surface area contributed by atoms with Crippen LogP contribution >= 0.6 is 0 Å². The largest absolute Gasteiger partial charge is 0.364 e. The van der Waals surface area contributed by atoms with E-state index >= 15 is 0 Å². The highest BCUT2D eigenvalue weighted by molar-refractivity contribution is 6.06. The number of aromatic amines is 1. The van der Waals surface area contributed by atoms with Gasteiger partial charge in [-0.1, -0.05) is 30.3 Å². The van der Waals surface area contributed by atoms with Gasteiger partial charge in [-0.15, -0.1) is 0 Å². The van der Waals surface area contributed by atoms with Crippen molar-refractivity contribution in [3.05, 3.63) is 60.4 Å². The second-order valence-corrected chi connectivity index (χ2v) is 5.07. The van der Waals surface area contributed by atoms with Gasteiger partial charge in [0.15, 0.2) is 0 Å². The van der Waals surface area contributed by atoms with Gasteiger partial charge in [0.25, 0.3) is 5.91 Å². The third-order valence-electron chi connectivity index (χ3n) is 3.74. The van der Waals surface area contributed by atoms with E-state index in [2.05, 4.69) is 15.2 Å². The van der Waals surface area contributed by atoms with Crippen LogP contribution in [-0.2, 0) is 0 Å². The van der Waals surface area contributed by atoms with Crippen LogP contribution in [0, 0.1) is 0 Å². The Morgan fingerprint density at radius 3 is 2.73 bits per heavy atom. The number of carbonyl (C=O) groups is 1. The average molecular weight is 288 g/mol. The summed E-state index contributed by atoms with van der Waals surface area (Å²) in [6.07, 6.45) is 1.78. The number of carbonyl (C=O) groups excluding carboxylic acids is 1. The van der Waals surface area contributed by atoms with Crippen molar-refractivity contribution in [2.24, 2.45) is 5.73 Å². The quantitative estimate of drug-likeness (QED) is 0.594. The molecular formula is C17H12N4O. The molecule has 1 amide bonds. The Kier molecular flexibility index (Phi) is 2.66. The van der Waals surface area contributed by atoms with E-state index in [0.717, 1.165) is 32.9 Å². The van der Waals surface area contributed by atoms with E-state index in [1.165, 1.54) is 0 Å². The summed E-state index contributed by atoms with van der Waals surface area (Å²) < 4.78 is 0. The Hall–Kier alpha value is -3.21. The summed E-state index contributed by atoms with van der Waals surface area (Å²) in [7, 11) is 0. The van der Waals surface area contributed by atoms with Crippen LogP contribution in [0.4, 0.5) is 0 Å². The molecule has 106 valence electrons. The number of pyridine rings is 1. The molecule has 2 heterocycles. The van der Waals surface area contributed by atoms with Gasteiger partial charge in [-0.05, 0) is 29.3 Å². The molecule has 2 aromatic carbocycles. The number of nitrogens with one attached hydrogen (secondary N) is 1. The second-order valence-electron chi connectivity index (χ2n) is 5.07. The Bertz CT molecular complexity index is 1020. The molecule has 0 bridgehead atoms. The molecule has 0 saturated heterocycles. The van der Waals surface area contributed by atoms with Crippen molar-refractivity contribution in [3.63, 3.8) is 0 Å². The van der Waals surface area contributed by atoms with Crippen LogP contribution in [0.25, 0.3) is 32.9 Å². The molecule has 0 atom stereocenters. The van der Waals surface area contributed by atoms with Crippen LogP contribution in [0.2, 0.25) is 0 Å². The average Bonchev–Trinajstić information content (AvgIpc) is 3.02. The molecule has 5 nitrogen and oxygen atoms in total. The van der Waals surface area contributed by atoms with E-state index in [0.29, 0.717) is 0 Å². The first-order chi connectivity index (χ1) is 10.7. The fourth-order valence-electron chi connectivity index (χ4n) is 2.73. The molecule has 4 aromatic rings. The van der Waals surface area contributed by atoms with Crippen molar-refractivity contribution >= 4 is 27.7 Å². The monoisotopic (exact) mass is 288 g/mol. The summed E-state index contributed by atoms with van der Waals surface area (Å²) in [4.78, 5) is 15.9. The van der Waals surface area contributed by atoms with Crippen LogP contribution in [0.3, 0.4) is 0 Å². The lowest BCUT2D eigenvalue weighted by atomic mass is 9.97. The molecule has 4 rings (SSSR count). The first-order valence-corrected chi connectivity index (χ1v) is 6.86. The predicted molar refractivity (Wildman–Crippen MR) is 85.3 cm³/mol. The number of fused-ring (bicyclic) bond motifs is 2. The zero-order chi connectivity index (χ0) is 15.1. The van der Waals surface area contributed by atoms with Gasteiger partial charge in [0, 0.05) is 10.8 Å². The molecule has 2 aromatic heterocycles. The third kappa shape index (κ3) is 1.83. The summed E-state index contributed by atoms with van der Waals surface area (Å²) in [6.45, 7) is 0. The molecule has 0 unspecified atom stereocenters. The van der Waals surface area contributed by atoms with Crippen molar-refractivity contribution in [1.82, 2.24) is 15.2 Å². The lowest BCUT2D eigenvalue weighted by Gasteiger charge is -2.09. The number of nitrogens with zero attached hydrogens (tertiary/aromatic N) is 2. The summed E-state index contributed by atoms with van der Waals surface area (Å²) in [6, 6.07) is 15.4. The highest BCUT2D eigenvalue weighted by atomic mass is 16.1. The van der Waals surface area contributed by atoms with Gasteiger partial charge in [0.2, 0.25) is 0 Å². The van der Waals surface area contributed by atoms with E-state index in [1.807, 2.05) is 42.5 Å². The zero-order valence-electron chi connectivity index (χ0n) is 11.6. The number of para-hydroxylation sites is 1. The van der Waals surface area contributed by atoms with Gasteiger partial charge in [-0.3, -0.25) is 9.89 Å². The van der Waals surface area contributed by atoms with E-state index in [1.54, 1.807) is 12.3 Å². The third-order valence-corrected chi connectivity index (χ3v) is 3.74. The SMILES string of the molecule is NC(=O)c1cc(-c2cccc3[nH]ncc23)c2ccccc2n1. The van der Waals surface area contributed by atoms with Crippen molar-refractivity contribution < 1.29 is 4.79 Å². The summed E-state index contributed by atoms with van der Waals surface area (Å²) in [5, 5.41) is 9.02. The van der Waals surface area contributed by atoms with Crippen LogP contribution in [0.1, 0.15) is 10.5 Å². The lowest BCUT2D eigenvalue weighted by molar-refractivity contribution is 0.0996. The molecule has 3 N–H and O–H groups in total. The molecule has 0 aliphatic carbocycles. The van der Waals surface area contributed by atoms with Crippen molar-refractivity contribution in [1.29, 1.82) is 0 Å². The van der Waals surface area contributed by atoms with Gasteiger partial charge in [-0.2, -0.15) is 5.10 Å². The molecule has 0 fully saturated rings. The molecule has 0 radical (unpaired) electrons. The van der Waals surface area contributed by atoms with Gasteiger partial charge >= 0.3 is 0 Å². The number of rotatable bonds is 2. The standard InChI is InChI=1S/C17H12N4O/c18-17(22)16-8-12(11-4-1-2-6-14(11)20-16)10-5-3-7-15-13(10)9-19-21-15/h1-9H,(H2,18,22)(H,19,21). The maximum Gasteiger partial charge on any atom is 0.267 e. The number of benzene rings is 2. The maximum atomic E-state index is 11.6. The predicted octanol–water partition coefficient (Wildman–Crippen LogP) is 2.88. The fraction of sp³-hybridized carbons (Fsp3) is 0. The highest BCUT2D eigenvalue weighted by Gasteiger charge is 2.13. The summed E-state index contributed by atoms with van der Waals surface area (Å²) in [5.74, 6) is -0.536. The minimum absolute atomic E-state index is 0.259. The van der Waals surface area contributed by atoms with Crippen LogP contribution in [0.15, 0.2) is 54.7 Å². The lowest BCUT2D eigenvalue weighted by Crippen LogP contribution is -2.13. The number of hydrogen-bond donors (Lipinski definition) is 2. The number of nitrogens with two attached hydrogens (primary N) is 1. The summed E-state index contributed by atoms with van der Waals surface area (Å²) in [5.41, 5.74) is 9.29. The van der Waals surface area contributed by atoms with E-state index in [9.17, 15) is 4.79 Å². The van der Waals surface area contributed by atoms with Crippen molar-refractivity contribution in [2.45, 2.75) is 0 Å². The van der Waals surface area contributed by atoms with E-state index in [4.69, 9.17) is 5.73 Å². The van der Waals surface area contributed by atoms with Crippen LogP contribution in [-0.4, -0.2) is 21.1 Å². The van der Waals surface area contributed by atoms with Gasteiger partial charge < -0.3 is 5.73 Å². The summed E-state index contributed by atoms with van der Waals surface area (Å²) >= 11 is 0. The second kappa shape index (κ2) is 4.66. The minimum atomic E-state index is -0.536. The maximum absolute atomic E-state index is 11.6. The molecule has 0 aliphatic rings. The van der Waals surface area contributed by atoms with Gasteiger partial charge in [-0.25, -0.2) is 4.98 Å². The molecule has 0 saturated carbocycles. The topological polar surface area (TPSA) is 84.7 Å². The fourth-order valence-corrected chi connectivity index (χ4v) is 2.73. The minimum Gasteiger partial charge on any atom is -0.364 e. The first-order valence-electron chi connectivity index (χ1n) is 6.86. The Morgan fingerprint density at radius 1 is 1.00 bits per heavy atom. The first kappa shape index (κ1) is 12.5. The highest BCUT2D eigenvalue weighted by Crippen LogP contribution is 2.33. The van der Waals surface area contributed by atoms with Gasteiger partial charge in [0.05, 0.1) is 17.2 Å². The molecular weight excluding hydrogens is 276 g/mol. The number of H-pyrrole nitrogens is 1. The smallest absolute Gasteiger partial charge is 0.267 e. The van der Waals surface area contributed by atoms with E-state index < -0.39 is 5.91 Å². The number of aromatic nitrogens is 3. The molecule has 5 heteroatoms. The van der Waals surface area contributed by atoms with Crippen molar-refractivity contribution in [2.75, 3.05) is 0 Å². The van der Waals surface area contributed by atoms with Crippen LogP contribution < -0.4 is 5.73 Å². The number of hydrogen-bond acceptors (Lipinski definition) is 3. The number of primary amides is 1. The molecule has 22 heavy (non-hydrogen) atoms. The Labute approximate surface area is 125 Å². The van der Waals surface area contributed by atoms with E-state index in [-0.39, 0.29) is 5.69 Å². The normalized spacial score (nSPS) is 11.1. The van der Waals surface area contributed by atoms with Crippen molar-refractivity contribution in [3.8, 4) is 11.1 Å². The Morgan fingerprint density at radius 2 is 1.86 bits per heavy atom. The van der Waals surface area contributed by atoms with Crippen LogP contribution in [0.5, 0.6) is 0 Å². The Balaban J connectivity index is 2.13. The van der Waals surface area contributed by atoms with Gasteiger partial charge in [0.1, 0.15) is 5.69 Å².